The number of amides is 2. The van der Waals surface area contributed by atoms with Gasteiger partial charge in [-0.3, -0.25) is 9.59 Å². The lowest BCUT2D eigenvalue weighted by molar-refractivity contribution is -0.137. The van der Waals surface area contributed by atoms with E-state index in [9.17, 15) is 14.4 Å². The zero-order valence-electron chi connectivity index (χ0n) is 18.6. The van der Waals surface area contributed by atoms with Crippen LogP contribution >= 0.6 is 0 Å². The van der Waals surface area contributed by atoms with Gasteiger partial charge in [-0.15, -0.1) is 0 Å². The van der Waals surface area contributed by atoms with Crippen LogP contribution in [0.15, 0.2) is 48.5 Å². The van der Waals surface area contributed by atoms with Gasteiger partial charge in [-0.1, -0.05) is 61.4 Å². The van der Waals surface area contributed by atoms with Gasteiger partial charge >= 0.3 is 12.1 Å². The van der Waals surface area contributed by atoms with E-state index in [4.69, 9.17) is 9.84 Å². The highest BCUT2D eigenvalue weighted by Crippen LogP contribution is 2.44. The number of carbonyl (C=O) groups excluding carboxylic acids is 2. The minimum atomic E-state index is -0.881. The first-order chi connectivity index (χ1) is 16.0. The molecule has 0 saturated heterocycles. The number of fused-ring (bicyclic) bond motifs is 3. The van der Waals surface area contributed by atoms with Crippen LogP contribution in [0.25, 0.3) is 11.1 Å². The number of carboxylic acids is 1. The third-order valence-corrected chi connectivity index (χ3v) is 6.66. The quantitative estimate of drug-likeness (QED) is 0.497. The first kappa shape index (κ1) is 22.8. The van der Waals surface area contributed by atoms with Gasteiger partial charge in [0.15, 0.2) is 0 Å². The normalized spacial score (nSPS) is 16.0. The molecule has 3 N–H and O–H groups in total. The van der Waals surface area contributed by atoms with E-state index in [-0.39, 0.29) is 31.3 Å². The highest BCUT2D eigenvalue weighted by Gasteiger charge is 2.38. The van der Waals surface area contributed by atoms with E-state index in [1.807, 2.05) is 24.3 Å². The molecule has 0 unspecified atom stereocenters. The Morgan fingerprint density at radius 3 is 2.18 bits per heavy atom. The number of alkyl carbamates (subject to hydrolysis) is 1. The molecule has 4 rings (SSSR count). The summed E-state index contributed by atoms with van der Waals surface area (Å²) in [5.41, 5.74) is 4.05. The van der Waals surface area contributed by atoms with E-state index in [0.29, 0.717) is 13.0 Å². The third-order valence-electron chi connectivity index (χ3n) is 6.66. The summed E-state index contributed by atoms with van der Waals surface area (Å²) in [7, 11) is 0. The highest BCUT2D eigenvalue weighted by molar-refractivity contribution is 5.80. The molecular formula is C26H30N2O5. The minimum absolute atomic E-state index is 0.0137. The lowest BCUT2D eigenvalue weighted by Gasteiger charge is -2.29. The smallest absolute Gasteiger partial charge is 0.407 e. The Balaban J connectivity index is 1.34. The second kappa shape index (κ2) is 10.1. The van der Waals surface area contributed by atoms with E-state index in [1.54, 1.807) is 0 Å². The lowest BCUT2D eigenvalue weighted by atomic mass is 9.93. The Labute approximate surface area is 193 Å². The fraction of sp³-hybridized carbons (Fsp3) is 0.423. The van der Waals surface area contributed by atoms with E-state index in [1.165, 1.54) is 11.1 Å². The molecule has 2 amide bonds. The molecule has 2 aromatic rings. The van der Waals surface area contributed by atoms with Crippen molar-refractivity contribution in [3.63, 3.8) is 0 Å². The van der Waals surface area contributed by atoms with Crippen LogP contribution in [-0.4, -0.2) is 41.8 Å². The van der Waals surface area contributed by atoms with Crippen LogP contribution < -0.4 is 10.6 Å². The second-order valence-corrected chi connectivity index (χ2v) is 8.96. The molecule has 2 aliphatic rings. The molecule has 0 atom stereocenters. The fourth-order valence-corrected chi connectivity index (χ4v) is 5.09. The van der Waals surface area contributed by atoms with Crippen molar-refractivity contribution < 1.29 is 24.2 Å². The Morgan fingerprint density at radius 2 is 1.58 bits per heavy atom. The van der Waals surface area contributed by atoms with Crippen molar-refractivity contribution in [2.45, 2.75) is 56.4 Å². The van der Waals surface area contributed by atoms with Crippen molar-refractivity contribution in [1.29, 1.82) is 0 Å². The van der Waals surface area contributed by atoms with Gasteiger partial charge in [0.25, 0.3) is 0 Å². The Bertz CT molecular complexity index is 983. The summed E-state index contributed by atoms with van der Waals surface area (Å²) >= 11 is 0. The summed E-state index contributed by atoms with van der Waals surface area (Å²) in [6.07, 6.45) is 3.39. The Morgan fingerprint density at radius 1 is 0.970 bits per heavy atom. The summed E-state index contributed by atoms with van der Waals surface area (Å²) in [6, 6.07) is 16.4. The van der Waals surface area contributed by atoms with Crippen LogP contribution in [0.2, 0.25) is 0 Å². The Hall–Kier alpha value is -3.35. The molecular weight excluding hydrogens is 420 g/mol. The summed E-state index contributed by atoms with van der Waals surface area (Å²) < 4.78 is 5.69. The van der Waals surface area contributed by atoms with Gasteiger partial charge < -0.3 is 20.5 Å². The third kappa shape index (κ3) is 5.35. The van der Waals surface area contributed by atoms with Crippen LogP contribution in [0.4, 0.5) is 4.79 Å². The molecule has 7 heteroatoms. The number of ether oxygens (including phenoxy) is 1. The van der Waals surface area contributed by atoms with Crippen LogP contribution in [-0.2, 0) is 14.3 Å². The maximum atomic E-state index is 12.8. The summed E-state index contributed by atoms with van der Waals surface area (Å²) in [5, 5.41) is 14.5. The molecule has 2 aliphatic carbocycles. The maximum Gasteiger partial charge on any atom is 0.407 e. The van der Waals surface area contributed by atoms with E-state index in [0.717, 1.165) is 36.8 Å². The van der Waals surface area contributed by atoms with Crippen LogP contribution in [0, 0.1) is 0 Å². The molecule has 7 nitrogen and oxygen atoms in total. The highest BCUT2D eigenvalue weighted by atomic mass is 16.5. The van der Waals surface area contributed by atoms with Crippen LogP contribution in [0.1, 0.15) is 62.0 Å². The first-order valence-corrected chi connectivity index (χ1v) is 11.6. The topological polar surface area (TPSA) is 105 Å². The van der Waals surface area contributed by atoms with Gasteiger partial charge in [-0.25, -0.2) is 4.79 Å². The second-order valence-electron chi connectivity index (χ2n) is 8.96. The molecule has 0 spiro atoms. The van der Waals surface area contributed by atoms with E-state index in [2.05, 4.69) is 34.9 Å². The predicted octanol–water partition coefficient (Wildman–Crippen LogP) is 4.21. The van der Waals surface area contributed by atoms with Crippen molar-refractivity contribution >= 4 is 18.0 Å². The largest absolute Gasteiger partial charge is 0.481 e. The predicted molar refractivity (Wildman–Crippen MR) is 124 cm³/mol. The van der Waals surface area contributed by atoms with Crippen molar-refractivity contribution in [3.8, 4) is 11.1 Å². The zero-order valence-corrected chi connectivity index (χ0v) is 18.6. The summed E-state index contributed by atoms with van der Waals surface area (Å²) in [5.74, 6) is -1.07. The molecule has 1 fully saturated rings. The number of nitrogens with one attached hydrogen (secondary N) is 2. The van der Waals surface area contributed by atoms with Crippen molar-refractivity contribution in [2.75, 3.05) is 13.2 Å². The van der Waals surface area contributed by atoms with Gasteiger partial charge in [-0.05, 0) is 41.5 Å². The standard InChI is InChI=1S/C26H30N2O5/c29-23(27-15-7-12-24(30)31)16-26(13-5-6-14-26)28-25(32)33-17-22-20-10-3-1-8-18(20)19-9-2-4-11-21(19)22/h1-4,8-11,22H,5-7,12-17H2,(H,27,29)(H,28,32)(H,30,31). The molecule has 1 saturated carbocycles. The zero-order chi connectivity index (χ0) is 23.3. The fourth-order valence-electron chi connectivity index (χ4n) is 5.09. The number of hydrogen-bond acceptors (Lipinski definition) is 4. The first-order valence-electron chi connectivity index (χ1n) is 11.6. The molecule has 0 radical (unpaired) electrons. The van der Waals surface area contributed by atoms with Crippen molar-refractivity contribution in [1.82, 2.24) is 10.6 Å². The van der Waals surface area contributed by atoms with Gasteiger partial charge in [-0.2, -0.15) is 0 Å². The molecule has 0 bridgehead atoms. The number of rotatable bonds is 9. The van der Waals surface area contributed by atoms with E-state index < -0.39 is 17.6 Å². The average molecular weight is 451 g/mol. The van der Waals surface area contributed by atoms with Gasteiger partial charge in [0.2, 0.25) is 5.91 Å². The molecule has 0 aromatic heterocycles. The summed E-state index contributed by atoms with van der Waals surface area (Å²) in [6.45, 7) is 0.545. The number of benzene rings is 2. The Kier molecular flexibility index (Phi) is 6.96. The summed E-state index contributed by atoms with van der Waals surface area (Å²) in [4.78, 5) is 35.8. The number of carboxylic acid groups (broad SMARTS) is 1. The van der Waals surface area contributed by atoms with Crippen LogP contribution in [0.3, 0.4) is 0 Å². The molecule has 2 aromatic carbocycles. The molecule has 174 valence electrons. The van der Waals surface area contributed by atoms with Gasteiger partial charge in [0.1, 0.15) is 6.61 Å². The number of hydrogen-bond donors (Lipinski definition) is 3. The monoisotopic (exact) mass is 450 g/mol. The molecule has 0 heterocycles. The van der Waals surface area contributed by atoms with Gasteiger partial charge in [0, 0.05) is 25.3 Å². The minimum Gasteiger partial charge on any atom is -0.481 e. The molecule has 0 aliphatic heterocycles. The lowest BCUT2D eigenvalue weighted by Crippen LogP contribution is -2.49. The SMILES string of the molecule is O=C(O)CCCNC(=O)CC1(NC(=O)OCC2c3ccccc3-c3ccccc32)CCCC1. The average Bonchev–Trinajstić information content (AvgIpc) is 3.37. The van der Waals surface area contributed by atoms with Gasteiger partial charge in [0.05, 0.1) is 5.54 Å². The van der Waals surface area contributed by atoms with Crippen molar-refractivity contribution in [3.05, 3.63) is 59.7 Å². The number of carbonyl (C=O) groups is 3. The number of aliphatic carboxylic acids is 1. The van der Waals surface area contributed by atoms with Crippen LogP contribution in [0.5, 0.6) is 0 Å². The molecule has 33 heavy (non-hydrogen) atoms. The maximum absolute atomic E-state index is 12.8. The van der Waals surface area contributed by atoms with E-state index >= 15 is 0 Å². The van der Waals surface area contributed by atoms with Crippen molar-refractivity contribution in [2.24, 2.45) is 0 Å².